The fourth-order valence-electron chi connectivity index (χ4n) is 2.39. The minimum absolute atomic E-state index is 0.168. The molecule has 3 aromatic rings. The van der Waals surface area contributed by atoms with E-state index in [1.54, 1.807) is 11.3 Å². The fraction of sp³-hybridized carbons (Fsp3) is 0.357. The molecule has 0 aliphatic rings. The highest BCUT2D eigenvalue weighted by molar-refractivity contribution is 7.11. The van der Waals surface area contributed by atoms with Crippen LogP contribution in [0.2, 0.25) is 0 Å². The number of nitrogens with one attached hydrogen (secondary N) is 1. The summed E-state index contributed by atoms with van der Waals surface area (Å²) in [6.07, 6.45) is 3.62. The smallest absolute Gasteiger partial charge is 0.154 e. The molecule has 3 heterocycles. The van der Waals surface area contributed by atoms with Crippen LogP contribution < -0.4 is 5.32 Å². The molecular weight excluding hydrogens is 270 g/mol. The van der Waals surface area contributed by atoms with Gasteiger partial charge in [-0.15, -0.1) is 11.3 Å². The molecule has 1 atom stereocenters. The Morgan fingerprint density at radius 2 is 2.10 bits per heavy atom. The van der Waals surface area contributed by atoms with Crippen molar-refractivity contribution in [3.05, 3.63) is 34.2 Å². The van der Waals surface area contributed by atoms with Crippen molar-refractivity contribution in [3.63, 3.8) is 0 Å². The maximum Gasteiger partial charge on any atom is 0.154 e. The zero-order valence-corrected chi connectivity index (χ0v) is 12.8. The molecular formula is C14H17N5S. The molecule has 0 saturated heterocycles. The number of pyridine rings is 1. The van der Waals surface area contributed by atoms with Gasteiger partial charge < -0.3 is 9.88 Å². The van der Waals surface area contributed by atoms with Crippen molar-refractivity contribution in [2.45, 2.75) is 26.8 Å². The molecule has 0 aliphatic heterocycles. The second kappa shape index (κ2) is 4.86. The number of anilines is 1. The quantitative estimate of drug-likeness (QED) is 0.803. The van der Waals surface area contributed by atoms with Gasteiger partial charge in [0, 0.05) is 18.1 Å². The Kier molecular flexibility index (Phi) is 3.17. The number of aryl methyl sites for hydroxylation is 3. The van der Waals surface area contributed by atoms with E-state index in [1.807, 2.05) is 44.1 Å². The minimum atomic E-state index is 0.168. The molecule has 0 aromatic carbocycles. The molecule has 0 aliphatic carbocycles. The molecule has 5 nitrogen and oxygen atoms in total. The maximum absolute atomic E-state index is 4.48. The number of imidazole rings is 1. The van der Waals surface area contributed by atoms with Crippen molar-refractivity contribution < 1.29 is 0 Å². The van der Waals surface area contributed by atoms with Gasteiger partial charge >= 0.3 is 0 Å². The third-order valence-corrected chi connectivity index (χ3v) is 4.58. The Bertz CT molecular complexity index is 758. The summed E-state index contributed by atoms with van der Waals surface area (Å²) in [6.45, 7) is 6.21. The molecule has 0 fully saturated rings. The fourth-order valence-corrected chi connectivity index (χ4v) is 3.32. The van der Waals surface area contributed by atoms with Crippen LogP contribution in [0.3, 0.4) is 0 Å². The first-order chi connectivity index (χ1) is 9.56. The predicted molar refractivity (Wildman–Crippen MR) is 82.1 cm³/mol. The van der Waals surface area contributed by atoms with Crippen LogP contribution in [0.4, 0.5) is 5.82 Å². The molecule has 0 saturated carbocycles. The summed E-state index contributed by atoms with van der Waals surface area (Å²) >= 11 is 1.73. The predicted octanol–water partition coefficient (Wildman–Crippen LogP) is 3.21. The molecule has 6 heteroatoms. The van der Waals surface area contributed by atoms with Crippen LogP contribution in [0, 0.1) is 13.8 Å². The monoisotopic (exact) mass is 287 g/mol. The Hall–Kier alpha value is -1.95. The first kappa shape index (κ1) is 13.1. The standard InChI is InChI=1S/C14H17N5S/c1-8-13(20-10(3)17-8)9(2)18-14-12-11(5-6-15-14)19(4)7-16-12/h5-7,9H,1-4H3,(H,15,18). The number of aromatic nitrogens is 4. The Morgan fingerprint density at radius 3 is 2.80 bits per heavy atom. The van der Waals surface area contributed by atoms with Gasteiger partial charge in [-0.2, -0.15) is 0 Å². The van der Waals surface area contributed by atoms with E-state index in [0.29, 0.717) is 0 Å². The molecule has 0 spiro atoms. The van der Waals surface area contributed by atoms with E-state index in [4.69, 9.17) is 0 Å². The number of rotatable bonds is 3. The van der Waals surface area contributed by atoms with Crippen LogP contribution in [0.5, 0.6) is 0 Å². The second-order valence-corrected chi connectivity index (χ2v) is 6.17. The zero-order valence-electron chi connectivity index (χ0n) is 12.0. The first-order valence-electron chi connectivity index (χ1n) is 6.52. The van der Waals surface area contributed by atoms with Gasteiger partial charge in [-0.25, -0.2) is 15.0 Å². The number of hydrogen-bond donors (Lipinski definition) is 1. The van der Waals surface area contributed by atoms with Gasteiger partial charge in [0.05, 0.1) is 28.6 Å². The molecule has 104 valence electrons. The average molecular weight is 287 g/mol. The van der Waals surface area contributed by atoms with Crippen molar-refractivity contribution in [1.29, 1.82) is 0 Å². The van der Waals surface area contributed by atoms with Crippen LogP contribution in [-0.4, -0.2) is 19.5 Å². The van der Waals surface area contributed by atoms with Crippen molar-refractivity contribution in [2.24, 2.45) is 7.05 Å². The van der Waals surface area contributed by atoms with Gasteiger partial charge in [0.15, 0.2) is 5.82 Å². The highest BCUT2D eigenvalue weighted by atomic mass is 32.1. The summed E-state index contributed by atoms with van der Waals surface area (Å²) in [6, 6.07) is 2.14. The highest BCUT2D eigenvalue weighted by Gasteiger charge is 2.15. The van der Waals surface area contributed by atoms with Gasteiger partial charge in [0.1, 0.15) is 5.52 Å². The van der Waals surface area contributed by atoms with Gasteiger partial charge in [0.2, 0.25) is 0 Å². The van der Waals surface area contributed by atoms with E-state index in [9.17, 15) is 0 Å². The summed E-state index contributed by atoms with van der Waals surface area (Å²) in [4.78, 5) is 14.6. The lowest BCUT2D eigenvalue weighted by Gasteiger charge is -2.13. The molecule has 0 bridgehead atoms. The van der Waals surface area contributed by atoms with Crippen LogP contribution in [0.15, 0.2) is 18.6 Å². The minimum Gasteiger partial charge on any atom is -0.361 e. The van der Waals surface area contributed by atoms with Crippen molar-refractivity contribution in [2.75, 3.05) is 5.32 Å². The van der Waals surface area contributed by atoms with Gasteiger partial charge in [0.25, 0.3) is 0 Å². The third-order valence-electron chi connectivity index (χ3n) is 3.33. The second-order valence-electron chi connectivity index (χ2n) is 4.93. The molecule has 0 radical (unpaired) electrons. The molecule has 3 aromatic heterocycles. The molecule has 1 unspecified atom stereocenters. The lowest BCUT2D eigenvalue weighted by Crippen LogP contribution is -2.08. The lowest BCUT2D eigenvalue weighted by molar-refractivity contribution is 0.882. The normalized spacial score (nSPS) is 12.8. The summed E-state index contributed by atoms with van der Waals surface area (Å²) in [5, 5.41) is 4.54. The lowest BCUT2D eigenvalue weighted by atomic mass is 10.2. The largest absolute Gasteiger partial charge is 0.361 e. The summed E-state index contributed by atoms with van der Waals surface area (Å²) < 4.78 is 1.99. The Labute approximate surface area is 121 Å². The maximum atomic E-state index is 4.48. The summed E-state index contributed by atoms with van der Waals surface area (Å²) in [5.41, 5.74) is 3.06. The number of fused-ring (bicyclic) bond motifs is 1. The summed E-state index contributed by atoms with van der Waals surface area (Å²) in [5.74, 6) is 0.820. The van der Waals surface area contributed by atoms with Crippen molar-refractivity contribution >= 4 is 28.2 Å². The van der Waals surface area contributed by atoms with E-state index in [0.717, 1.165) is 27.6 Å². The van der Waals surface area contributed by atoms with Crippen LogP contribution in [-0.2, 0) is 7.05 Å². The number of thiazole rings is 1. The van der Waals surface area contributed by atoms with Crippen LogP contribution >= 0.6 is 11.3 Å². The van der Waals surface area contributed by atoms with E-state index in [2.05, 4.69) is 27.2 Å². The van der Waals surface area contributed by atoms with E-state index < -0.39 is 0 Å². The zero-order chi connectivity index (χ0) is 14.3. The third kappa shape index (κ3) is 2.16. The molecule has 20 heavy (non-hydrogen) atoms. The summed E-state index contributed by atoms with van der Waals surface area (Å²) in [7, 11) is 1.99. The van der Waals surface area contributed by atoms with Crippen LogP contribution in [0.25, 0.3) is 11.0 Å². The topological polar surface area (TPSA) is 55.6 Å². The first-order valence-corrected chi connectivity index (χ1v) is 7.34. The number of hydrogen-bond acceptors (Lipinski definition) is 5. The average Bonchev–Trinajstić information content (AvgIpc) is 2.94. The van der Waals surface area contributed by atoms with E-state index >= 15 is 0 Å². The highest BCUT2D eigenvalue weighted by Crippen LogP contribution is 2.28. The van der Waals surface area contributed by atoms with Crippen molar-refractivity contribution in [1.82, 2.24) is 19.5 Å². The molecule has 1 N–H and O–H groups in total. The van der Waals surface area contributed by atoms with Gasteiger partial charge in [-0.05, 0) is 26.8 Å². The Balaban J connectivity index is 1.95. The van der Waals surface area contributed by atoms with E-state index in [-0.39, 0.29) is 6.04 Å². The van der Waals surface area contributed by atoms with Gasteiger partial charge in [-0.1, -0.05) is 0 Å². The van der Waals surface area contributed by atoms with E-state index in [1.165, 1.54) is 4.88 Å². The Morgan fingerprint density at radius 1 is 1.30 bits per heavy atom. The molecule has 3 rings (SSSR count). The SMILES string of the molecule is Cc1nc(C)c(C(C)Nc2nccc3c2ncn3C)s1. The van der Waals surface area contributed by atoms with Crippen molar-refractivity contribution in [3.8, 4) is 0 Å². The van der Waals surface area contributed by atoms with Gasteiger partial charge in [-0.3, -0.25) is 0 Å². The van der Waals surface area contributed by atoms with Crippen LogP contribution in [0.1, 0.15) is 28.5 Å². The molecule has 0 amide bonds. The number of nitrogens with zero attached hydrogens (tertiary/aromatic N) is 4.